The molecule has 1 heterocycles. The molecule has 2 rings (SSSR count). The number of amides is 2. The SMILES string of the molecule is Cc1cccc(NC(=O)Nc2c(C)nc(N(C)C)nc2C)c1. The fraction of sp³-hybridized carbons (Fsp3) is 0.312. The van der Waals surface area contributed by atoms with E-state index in [1.165, 1.54) is 0 Å². The molecule has 6 nitrogen and oxygen atoms in total. The van der Waals surface area contributed by atoms with E-state index in [0.717, 1.165) is 22.6 Å². The Bertz CT molecular complexity index is 674. The van der Waals surface area contributed by atoms with Crippen molar-refractivity contribution in [2.24, 2.45) is 0 Å². The summed E-state index contributed by atoms with van der Waals surface area (Å²) in [6, 6.07) is 7.32. The number of aromatic nitrogens is 2. The summed E-state index contributed by atoms with van der Waals surface area (Å²) < 4.78 is 0. The van der Waals surface area contributed by atoms with Crippen LogP contribution >= 0.6 is 0 Å². The minimum absolute atomic E-state index is 0.307. The van der Waals surface area contributed by atoms with Gasteiger partial charge in [0.15, 0.2) is 0 Å². The second kappa shape index (κ2) is 6.43. The van der Waals surface area contributed by atoms with Gasteiger partial charge in [0.05, 0.1) is 17.1 Å². The molecule has 22 heavy (non-hydrogen) atoms. The summed E-state index contributed by atoms with van der Waals surface area (Å²) in [5.74, 6) is 0.625. The van der Waals surface area contributed by atoms with Gasteiger partial charge in [-0.25, -0.2) is 14.8 Å². The second-order valence-electron chi connectivity index (χ2n) is 5.41. The Morgan fingerprint density at radius 2 is 1.68 bits per heavy atom. The van der Waals surface area contributed by atoms with E-state index in [2.05, 4.69) is 20.6 Å². The van der Waals surface area contributed by atoms with E-state index in [4.69, 9.17) is 0 Å². The smallest absolute Gasteiger partial charge is 0.323 e. The molecular formula is C16H21N5O. The number of carbonyl (C=O) groups is 1. The van der Waals surface area contributed by atoms with Crippen LogP contribution < -0.4 is 15.5 Å². The number of urea groups is 1. The number of nitrogens with one attached hydrogen (secondary N) is 2. The molecule has 1 aromatic heterocycles. The highest BCUT2D eigenvalue weighted by Gasteiger charge is 2.12. The zero-order valence-corrected chi connectivity index (χ0v) is 13.6. The van der Waals surface area contributed by atoms with E-state index in [1.54, 1.807) is 0 Å². The Balaban J connectivity index is 2.15. The van der Waals surface area contributed by atoms with Gasteiger partial charge in [-0.1, -0.05) is 12.1 Å². The van der Waals surface area contributed by atoms with Crippen LogP contribution in [0.3, 0.4) is 0 Å². The Kier molecular flexibility index (Phi) is 4.60. The first-order valence-corrected chi connectivity index (χ1v) is 7.04. The lowest BCUT2D eigenvalue weighted by atomic mass is 10.2. The fourth-order valence-electron chi connectivity index (χ4n) is 2.08. The highest BCUT2D eigenvalue weighted by atomic mass is 16.2. The average molecular weight is 299 g/mol. The van der Waals surface area contributed by atoms with Gasteiger partial charge in [0.1, 0.15) is 0 Å². The molecule has 0 radical (unpaired) electrons. The van der Waals surface area contributed by atoms with Gasteiger partial charge in [0.25, 0.3) is 0 Å². The van der Waals surface area contributed by atoms with Gasteiger partial charge in [-0.15, -0.1) is 0 Å². The van der Waals surface area contributed by atoms with Crippen molar-refractivity contribution >= 4 is 23.4 Å². The highest BCUT2D eigenvalue weighted by molar-refractivity contribution is 6.00. The van der Waals surface area contributed by atoms with Crippen LogP contribution in [-0.4, -0.2) is 30.1 Å². The van der Waals surface area contributed by atoms with Crippen molar-refractivity contribution in [1.29, 1.82) is 0 Å². The lowest BCUT2D eigenvalue weighted by molar-refractivity contribution is 0.262. The van der Waals surface area contributed by atoms with Gasteiger partial charge >= 0.3 is 6.03 Å². The molecule has 0 atom stereocenters. The topological polar surface area (TPSA) is 70.2 Å². The van der Waals surface area contributed by atoms with Crippen molar-refractivity contribution in [3.05, 3.63) is 41.2 Å². The molecule has 0 aliphatic carbocycles. The Morgan fingerprint density at radius 3 is 2.23 bits per heavy atom. The first-order valence-electron chi connectivity index (χ1n) is 7.04. The van der Waals surface area contributed by atoms with Crippen LogP contribution in [0.5, 0.6) is 0 Å². The first kappa shape index (κ1) is 15.8. The average Bonchev–Trinajstić information content (AvgIpc) is 2.42. The predicted molar refractivity (Wildman–Crippen MR) is 89.7 cm³/mol. The third-order valence-electron chi connectivity index (χ3n) is 3.17. The summed E-state index contributed by atoms with van der Waals surface area (Å²) in [5.41, 5.74) is 3.93. The van der Waals surface area contributed by atoms with Crippen LogP contribution in [0.2, 0.25) is 0 Å². The first-order chi connectivity index (χ1) is 10.4. The van der Waals surface area contributed by atoms with E-state index in [1.807, 2.05) is 64.0 Å². The van der Waals surface area contributed by atoms with Gasteiger partial charge in [-0.2, -0.15) is 0 Å². The summed E-state index contributed by atoms with van der Waals surface area (Å²) >= 11 is 0. The fourth-order valence-corrected chi connectivity index (χ4v) is 2.08. The zero-order valence-electron chi connectivity index (χ0n) is 13.6. The Morgan fingerprint density at radius 1 is 1.05 bits per heavy atom. The number of benzene rings is 1. The molecule has 116 valence electrons. The number of nitrogens with zero attached hydrogens (tertiary/aromatic N) is 3. The molecular weight excluding hydrogens is 278 g/mol. The van der Waals surface area contributed by atoms with Crippen molar-refractivity contribution < 1.29 is 4.79 Å². The maximum Gasteiger partial charge on any atom is 0.323 e. The summed E-state index contributed by atoms with van der Waals surface area (Å²) in [6.07, 6.45) is 0. The predicted octanol–water partition coefficient (Wildman–Crippen LogP) is 3.11. The molecule has 2 N–H and O–H groups in total. The van der Waals surface area contributed by atoms with Crippen LogP contribution in [0.1, 0.15) is 17.0 Å². The molecule has 2 aromatic rings. The van der Waals surface area contributed by atoms with E-state index in [9.17, 15) is 4.79 Å². The maximum absolute atomic E-state index is 12.1. The number of rotatable bonds is 3. The van der Waals surface area contributed by atoms with Gasteiger partial charge in [-0.05, 0) is 38.5 Å². The van der Waals surface area contributed by atoms with Gasteiger partial charge < -0.3 is 15.5 Å². The van der Waals surface area contributed by atoms with Gasteiger partial charge in [0.2, 0.25) is 5.95 Å². The monoisotopic (exact) mass is 299 g/mol. The molecule has 0 saturated heterocycles. The van der Waals surface area contributed by atoms with Crippen LogP contribution in [0.25, 0.3) is 0 Å². The number of hydrogen-bond donors (Lipinski definition) is 2. The zero-order chi connectivity index (χ0) is 16.3. The van der Waals surface area contributed by atoms with Gasteiger partial charge in [-0.3, -0.25) is 0 Å². The summed E-state index contributed by atoms with van der Waals surface area (Å²) in [5, 5.41) is 5.63. The standard InChI is InChI=1S/C16H21N5O/c1-10-7-6-8-13(9-10)19-16(22)20-14-11(2)17-15(21(4)5)18-12(14)3/h6-9H,1-5H3,(H2,19,20,22). The molecule has 0 saturated carbocycles. The van der Waals surface area contributed by atoms with Crippen molar-refractivity contribution in [2.45, 2.75) is 20.8 Å². The van der Waals surface area contributed by atoms with Crippen molar-refractivity contribution in [3.8, 4) is 0 Å². The van der Waals surface area contributed by atoms with Crippen molar-refractivity contribution in [3.63, 3.8) is 0 Å². The largest absolute Gasteiger partial charge is 0.347 e. The molecule has 0 aliphatic rings. The molecule has 1 aromatic carbocycles. The molecule has 0 spiro atoms. The van der Waals surface area contributed by atoms with Gasteiger partial charge in [0, 0.05) is 19.8 Å². The van der Waals surface area contributed by atoms with Crippen LogP contribution in [0.15, 0.2) is 24.3 Å². The van der Waals surface area contributed by atoms with Crippen LogP contribution in [0.4, 0.5) is 22.1 Å². The number of hydrogen-bond acceptors (Lipinski definition) is 4. The number of carbonyl (C=O) groups excluding carboxylic acids is 1. The third kappa shape index (κ3) is 3.72. The Hall–Kier alpha value is -2.63. The summed E-state index contributed by atoms with van der Waals surface area (Å²) in [4.78, 5) is 22.7. The maximum atomic E-state index is 12.1. The third-order valence-corrected chi connectivity index (χ3v) is 3.17. The number of aryl methyl sites for hydroxylation is 3. The molecule has 0 fully saturated rings. The second-order valence-corrected chi connectivity index (χ2v) is 5.41. The van der Waals surface area contributed by atoms with Crippen LogP contribution in [-0.2, 0) is 0 Å². The molecule has 0 unspecified atom stereocenters. The quantitative estimate of drug-likeness (QED) is 0.913. The van der Waals surface area contributed by atoms with E-state index >= 15 is 0 Å². The normalized spacial score (nSPS) is 10.2. The minimum atomic E-state index is -0.307. The van der Waals surface area contributed by atoms with E-state index < -0.39 is 0 Å². The van der Waals surface area contributed by atoms with Crippen molar-refractivity contribution in [2.75, 3.05) is 29.6 Å². The summed E-state index contributed by atoms with van der Waals surface area (Å²) in [6.45, 7) is 5.68. The lowest BCUT2D eigenvalue weighted by Gasteiger charge is -2.16. The number of anilines is 3. The Labute approximate surface area is 130 Å². The van der Waals surface area contributed by atoms with E-state index in [0.29, 0.717) is 11.6 Å². The highest BCUT2D eigenvalue weighted by Crippen LogP contribution is 2.20. The lowest BCUT2D eigenvalue weighted by Crippen LogP contribution is -2.22. The summed E-state index contributed by atoms with van der Waals surface area (Å²) in [7, 11) is 3.76. The van der Waals surface area contributed by atoms with E-state index in [-0.39, 0.29) is 6.03 Å². The minimum Gasteiger partial charge on any atom is -0.347 e. The molecule has 0 bridgehead atoms. The molecule has 0 aliphatic heterocycles. The molecule has 6 heteroatoms. The molecule has 2 amide bonds. The van der Waals surface area contributed by atoms with Crippen LogP contribution in [0, 0.1) is 20.8 Å². The van der Waals surface area contributed by atoms with Crippen molar-refractivity contribution in [1.82, 2.24) is 9.97 Å².